The molecule has 1 aromatic carbocycles. The van der Waals surface area contributed by atoms with Gasteiger partial charge in [0.15, 0.2) is 5.79 Å². The summed E-state index contributed by atoms with van der Waals surface area (Å²) in [5, 5.41) is 4.03. The molecule has 2 aromatic rings. The van der Waals surface area contributed by atoms with Gasteiger partial charge >= 0.3 is 5.97 Å². The first-order valence-electron chi connectivity index (χ1n) is 12.6. The molecule has 2 atom stereocenters. The van der Waals surface area contributed by atoms with Crippen LogP contribution < -0.4 is 4.74 Å². The van der Waals surface area contributed by atoms with E-state index in [-0.39, 0.29) is 11.9 Å². The molecule has 8 heteroatoms. The summed E-state index contributed by atoms with van der Waals surface area (Å²) >= 11 is 0. The lowest BCUT2D eigenvalue weighted by atomic mass is 9.74. The molecule has 1 aromatic heterocycles. The second kappa shape index (κ2) is 10.0. The van der Waals surface area contributed by atoms with E-state index in [9.17, 15) is 4.79 Å². The molecule has 0 amide bonds. The summed E-state index contributed by atoms with van der Waals surface area (Å²) in [5.74, 6) is -0.369. The predicted octanol–water partition coefficient (Wildman–Crippen LogP) is 5.09. The maximum atomic E-state index is 12.5. The molecule has 38 heavy (non-hydrogen) atoms. The third-order valence-corrected chi connectivity index (χ3v) is 6.90. The zero-order valence-electron chi connectivity index (χ0n) is 21.3. The number of aromatic nitrogens is 1. The standard InChI is InChI=1S/C30H28N2O6/c1-30(2)36-18-27(37-30)38-32-14-19-5-3-7-23(12-19)34-16-20-8-9-24-22(11-20)13-25-26(17-35-29(25)33)28(24)21-6-4-10-31-15-21/h3-10,12,14-16,25,27H,11,13,17-18H2,1-2H3/b20-16+,32-14?/t25?,27-/m0/s1. The summed E-state index contributed by atoms with van der Waals surface area (Å²) < 4.78 is 22.5. The number of rotatable bonds is 6. The van der Waals surface area contributed by atoms with Crippen molar-refractivity contribution in [1.29, 1.82) is 0 Å². The Hall–Kier alpha value is -4.01. The first-order valence-corrected chi connectivity index (χ1v) is 12.6. The summed E-state index contributed by atoms with van der Waals surface area (Å²) in [6.07, 6.45) is 12.0. The van der Waals surface area contributed by atoms with E-state index in [0.29, 0.717) is 31.8 Å². The van der Waals surface area contributed by atoms with Crippen LogP contribution in [0.2, 0.25) is 0 Å². The number of ether oxygens (including phenoxy) is 4. The number of carbonyl (C=O) groups excluding carboxylic acids is 1. The Morgan fingerprint density at radius 2 is 2.11 bits per heavy atom. The molecule has 194 valence electrons. The third kappa shape index (κ3) is 5.05. The fourth-order valence-electron chi connectivity index (χ4n) is 5.12. The van der Waals surface area contributed by atoms with Crippen LogP contribution in [0.5, 0.6) is 5.75 Å². The largest absolute Gasteiger partial charge is 0.465 e. The average Bonchev–Trinajstić information content (AvgIpc) is 3.47. The van der Waals surface area contributed by atoms with Gasteiger partial charge in [0.05, 0.1) is 18.4 Å². The van der Waals surface area contributed by atoms with Crippen LogP contribution in [0, 0.1) is 5.92 Å². The molecule has 8 nitrogen and oxygen atoms in total. The second-order valence-electron chi connectivity index (χ2n) is 10.0. The molecule has 4 aliphatic rings. The van der Waals surface area contributed by atoms with Crippen molar-refractivity contribution in [3.05, 3.63) is 101 Å². The van der Waals surface area contributed by atoms with Crippen molar-refractivity contribution in [3.8, 4) is 5.75 Å². The molecule has 0 bridgehead atoms. The van der Waals surface area contributed by atoms with Crippen molar-refractivity contribution in [1.82, 2.24) is 4.98 Å². The summed E-state index contributed by atoms with van der Waals surface area (Å²) in [6, 6.07) is 11.5. The number of fused-ring (bicyclic) bond motifs is 1. The minimum atomic E-state index is -0.664. The van der Waals surface area contributed by atoms with E-state index in [0.717, 1.165) is 33.4 Å². The highest BCUT2D eigenvalue weighted by molar-refractivity contribution is 5.94. The van der Waals surface area contributed by atoms with E-state index in [1.165, 1.54) is 5.57 Å². The normalized spacial score (nSPS) is 25.1. The lowest BCUT2D eigenvalue weighted by Gasteiger charge is -2.28. The van der Waals surface area contributed by atoms with Gasteiger partial charge in [-0.2, -0.15) is 0 Å². The molecule has 2 saturated heterocycles. The Morgan fingerprint density at radius 1 is 1.18 bits per heavy atom. The van der Waals surface area contributed by atoms with Crippen molar-refractivity contribution in [3.63, 3.8) is 0 Å². The zero-order valence-corrected chi connectivity index (χ0v) is 21.3. The fraction of sp³-hybridized carbons (Fsp3) is 0.300. The van der Waals surface area contributed by atoms with Gasteiger partial charge in [-0.05, 0) is 72.7 Å². The molecule has 2 aliphatic carbocycles. The topological polar surface area (TPSA) is 88.5 Å². The summed E-state index contributed by atoms with van der Waals surface area (Å²) in [6.45, 7) is 4.33. The Balaban J connectivity index is 1.15. The van der Waals surface area contributed by atoms with Crippen LogP contribution in [0.25, 0.3) is 5.57 Å². The molecular formula is C30H28N2O6. The highest BCUT2D eigenvalue weighted by Crippen LogP contribution is 2.46. The molecule has 0 saturated carbocycles. The van der Waals surface area contributed by atoms with Crippen LogP contribution in [0.4, 0.5) is 0 Å². The zero-order chi connectivity index (χ0) is 26.1. The van der Waals surface area contributed by atoms with Crippen LogP contribution in [-0.4, -0.2) is 42.5 Å². The Labute approximate surface area is 220 Å². The van der Waals surface area contributed by atoms with E-state index in [2.05, 4.69) is 22.3 Å². The Kier molecular flexibility index (Phi) is 6.43. The molecule has 1 unspecified atom stereocenters. The maximum absolute atomic E-state index is 12.5. The van der Waals surface area contributed by atoms with Gasteiger partial charge in [0.2, 0.25) is 0 Å². The van der Waals surface area contributed by atoms with Gasteiger partial charge in [-0.1, -0.05) is 41.1 Å². The molecule has 0 spiro atoms. The van der Waals surface area contributed by atoms with E-state index in [1.54, 1.807) is 18.7 Å². The predicted molar refractivity (Wildman–Crippen MR) is 140 cm³/mol. The van der Waals surface area contributed by atoms with Crippen LogP contribution in [-0.2, 0) is 23.8 Å². The van der Waals surface area contributed by atoms with Crippen molar-refractivity contribution < 1.29 is 28.6 Å². The number of pyridine rings is 1. The monoisotopic (exact) mass is 512 g/mol. The summed E-state index contributed by atoms with van der Waals surface area (Å²) in [4.78, 5) is 22.2. The minimum absolute atomic E-state index is 0.150. The third-order valence-electron chi connectivity index (χ3n) is 6.90. The maximum Gasteiger partial charge on any atom is 0.313 e. The number of benzene rings is 1. The highest BCUT2D eigenvalue weighted by Gasteiger charge is 2.40. The SMILES string of the molecule is CC1(C)OC[C@H](ON=Cc2cccc(O/C=C3\C=CC4=C(C3)CC3C(=O)OCC3=C4c3cccnc3)c2)O1. The number of allylic oxidation sites excluding steroid dienone is 6. The van der Waals surface area contributed by atoms with Crippen molar-refractivity contribution >= 4 is 17.8 Å². The fourth-order valence-corrected chi connectivity index (χ4v) is 5.12. The molecule has 0 radical (unpaired) electrons. The number of hydrogen-bond acceptors (Lipinski definition) is 8. The quantitative estimate of drug-likeness (QED) is 0.231. The average molecular weight is 513 g/mol. The van der Waals surface area contributed by atoms with Gasteiger partial charge in [0.1, 0.15) is 19.0 Å². The van der Waals surface area contributed by atoms with E-state index < -0.39 is 12.1 Å². The minimum Gasteiger partial charge on any atom is -0.465 e. The number of cyclic esters (lactones) is 1. The van der Waals surface area contributed by atoms with Gasteiger partial charge in [0.25, 0.3) is 6.29 Å². The van der Waals surface area contributed by atoms with Crippen LogP contribution in [0.1, 0.15) is 37.8 Å². The molecule has 0 N–H and O–H groups in total. The Bertz CT molecular complexity index is 1400. The van der Waals surface area contributed by atoms with Gasteiger partial charge in [-0.3, -0.25) is 9.78 Å². The van der Waals surface area contributed by atoms with Gasteiger partial charge in [-0.25, -0.2) is 0 Å². The smallest absolute Gasteiger partial charge is 0.313 e. The van der Waals surface area contributed by atoms with E-state index in [4.69, 9.17) is 23.8 Å². The summed E-state index contributed by atoms with van der Waals surface area (Å²) in [5.41, 5.74) is 7.32. The Morgan fingerprint density at radius 3 is 2.92 bits per heavy atom. The summed E-state index contributed by atoms with van der Waals surface area (Å²) in [7, 11) is 0. The van der Waals surface area contributed by atoms with E-state index in [1.807, 2.05) is 56.4 Å². The first kappa shape index (κ1) is 24.3. The number of oxime groups is 1. The van der Waals surface area contributed by atoms with Gasteiger partial charge in [-0.15, -0.1) is 0 Å². The molecule has 6 rings (SSSR count). The molecule has 2 fully saturated rings. The van der Waals surface area contributed by atoms with E-state index >= 15 is 0 Å². The molecular weight excluding hydrogens is 484 g/mol. The second-order valence-corrected chi connectivity index (χ2v) is 10.0. The highest BCUT2D eigenvalue weighted by atomic mass is 16.9. The van der Waals surface area contributed by atoms with Crippen molar-refractivity contribution in [2.75, 3.05) is 13.2 Å². The van der Waals surface area contributed by atoms with Crippen LogP contribution >= 0.6 is 0 Å². The van der Waals surface area contributed by atoms with Gasteiger partial charge in [0, 0.05) is 18.0 Å². The lowest BCUT2D eigenvalue weighted by Crippen LogP contribution is -2.21. The molecule has 3 heterocycles. The van der Waals surface area contributed by atoms with Crippen molar-refractivity contribution in [2.24, 2.45) is 11.1 Å². The van der Waals surface area contributed by atoms with Crippen LogP contribution in [0.15, 0.2) is 94.7 Å². The number of carbonyl (C=O) groups is 1. The van der Waals surface area contributed by atoms with Crippen LogP contribution in [0.3, 0.4) is 0 Å². The first-order chi connectivity index (χ1) is 18.4. The number of esters is 1. The lowest BCUT2D eigenvalue weighted by molar-refractivity contribution is -0.190. The number of hydrogen-bond donors (Lipinski definition) is 0. The number of nitrogens with zero attached hydrogens (tertiary/aromatic N) is 2. The molecule has 2 aliphatic heterocycles. The van der Waals surface area contributed by atoms with Crippen molar-refractivity contribution in [2.45, 2.75) is 38.8 Å². The van der Waals surface area contributed by atoms with Gasteiger partial charge < -0.3 is 23.8 Å².